The Kier molecular flexibility index (Phi) is 3.72. The van der Waals surface area contributed by atoms with Crippen LogP contribution in [-0.2, 0) is 17.5 Å². The smallest absolute Gasteiger partial charge is 0.392 e. The minimum absolute atomic E-state index is 0.190. The Morgan fingerprint density at radius 3 is 2.50 bits per heavy atom. The predicted molar refractivity (Wildman–Crippen MR) is 58.2 cm³/mol. The summed E-state index contributed by atoms with van der Waals surface area (Å²) < 4.78 is 42.9. The lowest BCUT2D eigenvalue weighted by Gasteiger charge is -2.29. The summed E-state index contributed by atoms with van der Waals surface area (Å²) in [5.41, 5.74) is -0.550. The largest absolute Gasteiger partial charge is 0.433 e. The third-order valence-electron chi connectivity index (χ3n) is 2.73. The first-order valence-electron chi connectivity index (χ1n) is 5.53. The molecule has 0 atom stereocenters. The van der Waals surface area contributed by atoms with E-state index in [1.54, 1.807) is 4.90 Å². The van der Waals surface area contributed by atoms with Crippen LogP contribution in [0.25, 0.3) is 0 Å². The van der Waals surface area contributed by atoms with Gasteiger partial charge in [-0.3, -0.25) is 0 Å². The monoisotopic (exact) mass is 262 g/mol. The lowest BCUT2D eigenvalue weighted by Crippen LogP contribution is -2.37. The van der Waals surface area contributed by atoms with Gasteiger partial charge in [-0.15, -0.1) is 0 Å². The Morgan fingerprint density at radius 2 is 1.94 bits per heavy atom. The van der Waals surface area contributed by atoms with Crippen LogP contribution >= 0.6 is 0 Å². The standard InChI is InChI=1S/C11H13F3N2O2/c12-11(13,14)9-2-1-8(7-17)10(15-9)16-3-5-18-6-4-16/h1-2,17H,3-7H2. The van der Waals surface area contributed by atoms with E-state index in [0.29, 0.717) is 31.9 Å². The molecule has 7 heteroatoms. The zero-order valence-corrected chi connectivity index (χ0v) is 9.57. The quantitative estimate of drug-likeness (QED) is 0.875. The predicted octanol–water partition coefficient (Wildman–Crippen LogP) is 1.43. The molecule has 0 unspecified atom stereocenters. The second-order valence-corrected chi connectivity index (χ2v) is 3.93. The van der Waals surface area contributed by atoms with Gasteiger partial charge in [-0.05, 0) is 6.07 Å². The molecule has 4 nitrogen and oxygen atoms in total. The number of aliphatic hydroxyl groups excluding tert-OH is 1. The first-order valence-corrected chi connectivity index (χ1v) is 5.53. The van der Waals surface area contributed by atoms with Crippen LogP contribution in [0.15, 0.2) is 12.1 Å². The van der Waals surface area contributed by atoms with Crippen molar-refractivity contribution in [3.63, 3.8) is 0 Å². The maximum absolute atomic E-state index is 12.6. The molecule has 0 radical (unpaired) electrons. The zero-order chi connectivity index (χ0) is 13.2. The number of hydrogen-bond acceptors (Lipinski definition) is 4. The van der Waals surface area contributed by atoms with Crippen LogP contribution in [0.1, 0.15) is 11.3 Å². The van der Waals surface area contributed by atoms with Gasteiger partial charge in [0, 0.05) is 18.7 Å². The third-order valence-corrected chi connectivity index (χ3v) is 2.73. The van der Waals surface area contributed by atoms with E-state index >= 15 is 0 Å². The van der Waals surface area contributed by atoms with Gasteiger partial charge in [-0.2, -0.15) is 13.2 Å². The molecule has 0 bridgehead atoms. The van der Waals surface area contributed by atoms with Crippen LogP contribution < -0.4 is 4.90 Å². The van der Waals surface area contributed by atoms with Crippen molar-refractivity contribution in [3.05, 3.63) is 23.4 Å². The number of rotatable bonds is 2. The summed E-state index contributed by atoms with van der Waals surface area (Å²) in [5, 5.41) is 9.16. The Bertz CT molecular complexity index is 417. The van der Waals surface area contributed by atoms with E-state index in [2.05, 4.69) is 4.98 Å². The molecule has 1 aliphatic heterocycles. The van der Waals surface area contributed by atoms with Crippen molar-refractivity contribution < 1.29 is 23.0 Å². The van der Waals surface area contributed by atoms with Crippen molar-refractivity contribution in [2.24, 2.45) is 0 Å². The minimum Gasteiger partial charge on any atom is -0.392 e. The maximum Gasteiger partial charge on any atom is 0.433 e. The van der Waals surface area contributed by atoms with E-state index in [4.69, 9.17) is 9.84 Å². The van der Waals surface area contributed by atoms with Crippen molar-refractivity contribution >= 4 is 5.82 Å². The molecule has 100 valence electrons. The summed E-state index contributed by atoms with van der Waals surface area (Å²) in [4.78, 5) is 5.32. The van der Waals surface area contributed by atoms with Gasteiger partial charge >= 0.3 is 6.18 Å². The molecule has 1 aliphatic rings. The van der Waals surface area contributed by atoms with Crippen molar-refractivity contribution in [2.45, 2.75) is 12.8 Å². The van der Waals surface area contributed by atoms with Gasteiger partial charge in [0.25, 0.3) is 0 Å². The summed E-state index contributed by atoms with van der Waals surface area (Å²) in [5.74, 6) is 0.190. The average molecular weight is 262 g/mol. The molecule has 0 saturated carbocycles. The molecule has 1 aromatic heterocycles. The van der Waals surface area contributed by atoms with E-state index in [1.807, 2.05) is 0 Å². The number of aromatic nitrogens is 1. The topological polar surface area (TPSA) is 45.6 Å². The van der Waals surface area contributed by atoms with Crippen LogP contribution in [0.2, 0.25) is 0 Å². The molecule has 2 rings (SSSR count). The molecule has 1 fully saturated rings. The summed E-state index contributed by atoms with van der Waals surface area (Å²) >= 11 is 0. The second kappa shape index (κ2) is 5.11. The first kappa shape index (κ1) is 13.1. The normalized spacial score (nSPS) is 17.0. The SMILES string of the molecule is OCc1ccc(C(F)(F)F)nc1N1CCOCC1. The Labute approximate surface area is 102 Å². The number of morpholine rings is 1. The van der Waals surface area contributed by atoms with E-state index in [-0.39, 0.29) is 12.4 Å². The zero-order valence-electron chi connectivity index (χ0n) is 9.57. The average Bonchev–Trinajstić information content (AvgIpc) is 2.38. The van der Waals surface area contributed by atoms with Gasteiger partial charge in [-0.1, -0.05) is 6.07 Å². The number of anilines is 1. The number of nitrogens with zero attached hydrogens (tertiary/aromatic N) is 2. The highest BCUT2D eigenvalue weighted by atomic mass is 19.4. The highest BCUT2D eigenvalue weighted by Gasteiger charge is 2.33. The fourth-order valence-corrected chi connectivity index (χ4v) is 1.81. The lowest BCUT2D eigenvalue weighted by molar-refractivity contribution is -0.141. The van der Waals surface area contributed by atoms with Crippen LogP contribution in [0.4, 0.5) is 19.0 Å². The fraction of sp³-hybridized carbons (Fsp3) is 0.545. The van der Waals surface area contributed by atoms with E-state index in [0.717, 1.165) is 6.07 Å². The highest BCUT2D eigenvalue weighted by Crippen LogP contribution is 2.30. The van der Waals surface area contributed by atoms with Crippen LogP contribution in [0.3, 0.4) is 0 Å². The van der Waals surface area contributed by atoms with Crippen molar-refractivity contribution in [2.75, 3.05) is 31.2 Å². The van der Waals surface area contributed by atoms with Crippen LogP contribution in [-0.4, -0.2) is 36.4 Å². The number of aliphatic hydroxyl groups is 1. The van der Waals surface area contributed by atoms with Crippen LogP contribution in [0.5, 0.6) is 0 Å². The Hall–Kier alpha value is -1.34. The lowest BCUT2D eigenvalue weighted by atomic mass is 10.2. The Balaban J connectivity index is 2.35. The molecular formula is C11H13F3N2O2. The maximum atomic E-state index is 12.6. The molecule has 0 spiro atoms. The van der Waals surface area contributed by atoms with Gasteiger partial charge in [0.05, 0.1) is 19.8 Å². The number of pyridine rings is 1. The molecule has 1 saturated heterocycles. The molecule has 0 amide bonds. The molecule has 0 aliphatic carbocycles. The molecule has 1 aromatic rings. The number of halogens is 3. The van der Waals surface area contributed by atoms with Gasteiger partial charge < -0.3 is 14.7 Å². The summed E-state index contributed by atoms with van der Waals surface area (Å²) in [7, 11) is 0. The second-order valence-electron chi connectivity index (χ2n) is 3.93. The van der Waals surface area contributed by atoms with Crippen molar-refractivity contribution in [1.29, 1.82) is 0 Å². The van der Waals surface area contributed by atoms with E-state index < -0.39 is 11.9 Å². The van der Waals surface area contributed by atoms with Gasteiger partial charge in [0.2, 0.25) is 0 Å². The minimum atomic E-state index is -4.48. The van der Waals surface area contributed by atoms with E-state index in [1.165, 1.54) is 6.07 Å². The third kappa shape index (κ3) is 2.73. The number of alkyl halides is 3. The summed E-state index contributed by atoms with van der Waals surface area (Å²) in [6, 6.07) is 2.15. The molecule has 1 N–H and O–H groups in total. The first-order chi connectivity index (χ1) is 8.52. The molecule has 18 heavy (non-hydrogen) atoms. The van der Waals surface area contributed by atoms with Gasteiger partial charge in [-0.25, -0.2) is 4.98 Å². The fourth-order valence-electron chi connectivity index (χ4n) is 1.81. The van der Waals surface area contributed by atoms with E-state index in [9.17, 15) is 13.2 Å². The van der Waals surface area contributed by atoms with Crippen molar-refractivity contribution in [1.82, 2.24) is 4.98 Å². The molecule has 0 aromatic carbocycles. The summed E-state index contributed by atoms with van der Waals surface area (Å²) in [6.45, 7) is 1.51. The Morgan fingerprint density at radius 1 is 1.28 bits per heavy atom. The van der Waals surface area contributed by atoms with Crippen molar-refractivity contribution in [3.8, 4) is 0 Å². The molecular weight excluding hydrogens is 249 g/mol. The van der Waals surface area contributed by atoms with Gasteiger partial charge in [0.1, 0.15) is 11.5 Å². The number of ether oxygens (including phenoxy) is 1. The number of hydrogen-bond donors (Lipinski definition) is 1. The van der Waals surface area contributed by atoms with Gasteiger partial charge in [0.15, 0.2) is 0 Å². The molecule has 2 heterocycles. The summed E-state index contributed by atoms with van der Waals surface area (Å²) in [6.07, 6.45) is -4.48. The van der Waals surface area contributed by atoms with Crippen LogP contribution in [0, 0.1) is 0 Å². The highest BCUT2D eigenvalue weighted by molar-refractivity contribution is 5.48.